The van der Waals surface area contributed by atoms with Gasteiger partial charge in [-0.2, -0.15) is 8.42 Å². The summed E-state index contributed by atoms with van der Waals surface area (Å²) in [5.41, 5.74) is -0.851. The van der Waals surface area contributed by atoms with Crippen molar-refractivity contribution in [3.05, 3.63) is 33.9 Å². The molecule has 0 spiro atoms. The lowest BCUT2D eigenvalue weighted by atomic mass is 10.2. The molecule has 0 unspecified atom stereocenters. The molecule has 1 N–H and O–H groups in total. The van der Waals surface area contributed by atoms with E-state index in [9.17, 15) is 23.3 Å². The average Bonchev–Trinajstić information content (AvgIpc) is 2.15. The second-order valence-corrected chi connectivity index (χ2v) is 3.97. The van der Waals surface area contributed by atoms with E-state index in [4.69, 9.17) is 4.55 Å². The molecule has 1 aromatic carbocycles. The summed E-state index contributed by atoms with van der Waals surface area (Å²) in [6.07, 6.45) is 0.318. The Labute approximate surface area is 84.2 Å². The van der Waals surface area contributed by atoms with Crippen LogP contribution in [0.25, 0.3) is 0 Å². The van der Waals surface area contributed by atoms with Crippen molar-refractivity contribution in [3.63, 3.8) is 0 Å². The number of aldehydes is 1. The van der Waals surface area contributed by atoms with Crippen LogP contribution in [0.4, 0.5) is 5.69 Å². The number of carbonyl (C=O) groups excluding carboxylic acids is 1. The average molecular weight is 231 g/mol. The number of hydrogen-bond donors (Lipinski definition) is 1. The quantitative estimate of drug-likeness (QED) is 0.353. The Hall–Kier alpha value is -1.80. The van der Waals surface area contributed by atoms with E-state index in [0.29, 0.717) is 6.29 Å². The summed E-state index contributed by atoms with van der Waals surface area (Å²) in [7, 11) is -4.71. The van der Waals surface area contributed by atoms with E-state index in [1.165, 1.54) is 0 Å². The summed E-state index contributed by atoms with van der Waals surface area (Å²) < 4.78 is 30.2. The van der Waals surface area contributed by atoms with Crippen LogP contribution in [0, 0.1) is 10.1 Å². The van der Waals surface area contributed by atoms with Crippen molar-refractivity contribution < 1.29 is 22.7 Å². The highest BCUT2D eigenvalue weighted by atomic mass is 32.2. The van der Waals surface area contributed by atoms with E-state index in [2.05, 4.69) is 0 Å². The number of nitrogens with zero attached hydrogens (tertiary/aromatic N) is 1. The molecule has 0 aromatic heterocycles. The summed E-state index contributed by atoms with van der Waals surface area (Å²) >= 11 is 0. The van der Waals surface area contributed by atoms with Crippen LogP contribution in [0.1, 0.15) is 10.4 Å². The fourth-order valence-electron chi connectivity index (χ4n) is 0.961. The maximum Gasteiger partial charge on any atom is 0.301 e. The van der Waals surface area contributed by atoms with Gasteiger partial charge in [-0.3, -0.25) is 19.5 Å². The Kier molecular flexibility index (Phi) is 2.82. The number of hydrogen-bond acceptors (Lipinski definition) is 5. The van der Waals surface area contributed by atoms with Gasteiger partial charge in [-0.05, 0) is 12.1 Å². The normalized spacial score (nSPS) is 11.0. The molecule has 8 heteroatoms. The zero-order chi connectivity index (χ0) is 11.6. The van der Waals surface area contributed by atoms with Crippen LogP contribution in [0.2, 0.25) is 0 Å². The number of nitro groups is 1. The molecule has 0 radical (unpaired) electrons. The fraction of sp³-hybridized carbons (Fsp3) is 0. The number of rotatable bonds is 3. The lowest BCUT2D eigenvalue weighted by Gasteiger charge is -1.99. The maximum atomic E-state index is 10.8. The van der Waals surface area contributed by atoms with Gasteiger partial charge in [-0.15, -0.1) is 0 Å². The Bertz CT molecular complexity index is 520. The Balaban J connectivity index is 3.56. The molecule has 0 bridgehead atoms. The summed E-state index contributed by atoms with van der Waals surface area (Å²) in [4.78, 5) is 18.9. The zero-order valence-electron chi connectivity index (χ0n) is 7.15. The molecule has 0 aliphatic heterocycles. The van der Waals surface area contributed by atoms with E-state index < -0.39 is 25.6 Å². The molecule has 80 valence electrons. The summed E-state index contributed by atoms with van der Waals surface area (Å²) in [5, 5.41) is 10.4. The van der Waals surface area contributed by atoms with E-state index in [1.807, 2.05) is 0 Å². The first kappa shape index (κ1) is 11.3. The highest BCUT2D eigenvalue weighted by Crippen LogP contribution is 2.23. The predicted molar refractivity (Wildman–Crippen MR) is 48.3 cm³/mol. The van der Waals surface area contributed by atoms with Crippen LogP contribution in [0.3, 0.4) is 0 Å². The van der Waals surface area contributed by atoms with Crippen molar-refractivity contribution >= 4 is 22.1 Å². The van der Waals surface area contributed by atoms with Crippen molar-refractivity contribution in [1.82, 2.24) is 0 Å². The third-order valence-corrected chi connectivity index (χ3v) is 2.48. The van der Waals surface area contributed by atoms with Crippen molar-refractivity contribution in [1.29, 1.82) is 0 Å². The molecule has 0 saturated carbocycles. The number of nitro benzene ring substituents is 1. The minimum absolute atomic E-state index is 0.0757. The second kappa shape index (κ2) is 3.75. The molecule has 1 aromatic rings. The molecule has 0 aliphatic carbocycles. The van der Waals surface area contributed by atoms with Crippen LogP contribution < -0.4 is 0 Å². The molecule has 0 fully saturated rings. The zero-order valence-corrected chi connectivity index (χ0v) is 7.97. The maximum absolute atomic E-state index is 10.8. The Morgan fingerprint density at radius 2 is 2.00 bits per heavy atom. The second-order valence-electron chi connectivity index (χ2n) is 2.58. The number of benzene rings is 1. The van der Waals surface area contributed by atoms with E-state index >= 15 is 0 Å². The molecular weight excluding hydrogens is 226 g/mol. The van der Waals surface area contributed by atoms with Crippen LogP contribution >= 0.6 is 0 Å². The minimum Gasteiger partial charge on any atom is -0.298 e. The Morgan fingerprint density at radius 1 is 1.40 bits per heavy atom. The highest BCUT2D eigenvalue weighted by molar-refractivity contribution is 7.86. The molecule has 0 atom stereocenters. The molecular formula is C7H5NO6S. The SMILES string of the molecule is O=Cc1ccc([N+](=O)[O-])c(S(=O)(=O)O)c1. The fourth-order valence-corrected chi connectivity index (χ4v) is 1.65. The van der Waals surface area contributed by atoms with E-state index in [0.717, 1.165) is 18.2 Å². The summed E-state index contributed by atoms with van der Waals surface area (Å²) in [6.45, 7) is 0. The van der Waals surface area contributed by atoms with Gasteiger partial charge in [-0.1, -0.05) is 0 Å². The monoisotopic (exact) mass is 231 g/mol. The van der Waals surface area contributed by atoms with Crippen LogP contribution in [-0.4, -0.2) is 24.2 Å². The molecule has 0 saturated heterocycles. The number of carbonyl (C=O) groups is 1. The molecule has 0 amide bonds. The molecule has 1 rings (SSSR count). The van der Waals surface area contributed by atoms with Crippen LogP contribution in [0.15, 0.2) is 23.1 Å². The summed E-state index contributed by atoms with van der Waals surface area (Å²) in [5.74, 6) is 0. The van der Waals surface area contributed by atoms with Gasteiger partial charge in [-0.25, -0.2) is 0 Å². The Morgan fingerprint density at radius 3 is 2.40 bits per heavy atom. The van der Waals surface area contributed by atoms with Crippen LogP contribution in [0.5, 0.6) is 0 Å². The third kappa shape index (κ3) is 2.36. The molecule has 15 heavy (non-hydrogen) atoms. The van der Waals surface area contributed by atoms with Crippen molar-refractivity contribution in [2.45, 2.75) is 4.90 Å². The molecule has 0 heterocycles. The van der Waals surface area contributed by atoms with Gasteiger partial charge >= 0.3 is 10.1 Å². The van der Waals surface area contributed by atoms with Crippen molar-refractivity contribution in [3.8, 4) is 0 Å². The largest absolute Gasteiger partial charge is 0.301 e. The lowest BCUT2D eigenvalue weighted by molar-refractivity contribution is -0.387. The summed E-state index contributed by atoms with van der Waals surface area (Å²) in [6, 6.07) is 2.66. The smallest absolute Gasteiger partial charge is 0.298 e. The van der Waals surface area contributed by atoms with E-state index in [1.54, 1.807) is 0 Å². The first-order valence-corrected chi connectivity index (χ1v) is 5.01. The van der Waals surface area contributed by atoms with Gasteiger partial charge in [0.1, 0.15) is 6.29 Å². The van der Waals surface area contributed by atoms with Gasteiger partial charge in [0.2, 0.25) is 0 Å². The van der Waals surface area contributed by atoms with Crippen molar-refractivity contribution in [2.24, 2.45) is 0 Å². The first-order valence-electron chi connectivity index (χ1n) is 3.57. The third-order valence-electron chi connectivity index (χ3n) is 1.59. The lowest BCUT2D eigenvalue weighted by Crippen LogP contribution is -2.04. The van der Waals surface area contributed by atoms with Gasteiger partial charge < -0.3 is 0 Å². The first-order chi connectivity index (χ1) is 6.86. The van der Waals surface area contributed by atoms with Gasteiger partial charge in [0.25, 0.3) is 5.69 Å². The highest BCUT2D eigenvalue weighted by Gasteiger charge is 2.23. The van der Waals surface area contributed by atoms with Gasteiger partial charge in [0, 0.05) is 11.6 Å². The van der Waals surface area contributed by atoms with Gasteiger partial charge in [0.15, 0.2) is 4.90 Å². The predicted octanol–water partition coefficient (Wildman–Crippen LogP) is 0.654. The standard InChI is InChI=1S/C7H5NO6S/c9-4-5-1-2-6(8(10)11)7(3-5)15(12,13)14/h1-4H,(H,12,13,14). The van der Waals surface area contributed by atoms with Gasteiger partial charge in [0.05, 0.1) is 4.92 Å². The topological polar surface area (TPSA) is 115 Å². The minimum atomic E-state index is -4.71. The van der Waals surface area contributed by atoms with Crippen molar-refractivity contribution in [2.75, 3.05) is 0 Å². The van der Waals surface area contributed by atoms with Crippen LogP contribution in [-0.2, 0) is 10.1 Å². The van der Waals surface area contributed by atoms with E-state index in [-0.39, 0.29) is 5.56 Å². The molecule has 0 aliphatic rings. The molecule has 7 nitrogen and oxygen atoms in total.